The van der Waals surface area contributed by atoms with E-state index in [2.05, 4.69) is 19.1 Å². The molecule has 1 aliphatic rings. The maximum Gasteiger partial charge on any atom is 0.0408 e. The zero-order valence-electron chi connectivity index (χ0n) is 9.17. The Kier molecular flexibility index (Phi) is 3.32. The van der Waals surface area contributed by atoms with E-state index in [1.165, 1.54) is 24.0 Å². The van der Waals surface area contributed by atoms with E-state index in [0.29, 0.717) is 5.92 Å². The summed E-state index contributed by atoms with van der Waals surface area (Å²) in [5.41, 5.74) is 8.63. The predicted molar refractivity (Wildman–Crippen MR) is 65.2 cm³/mol. The van der Waals surface area contributed by atoms with Crippen molar-refractivity contribution in [3.63, 3.8) is 0 Å². The molecule has 82 valence electrons. The molecule has 2 atom stereocenters. The highest BCUT2D eigenvalue weighted by Gasteiger charge is 2.22. The number of hydrogen-bond acceptors (Lipinski definition) is 1. The minimum Gasteiger partial charge on any atom is -0.330 e. The first kappa shape index (κ1) is 11.0. The van der Waals surface area contributed by atoms with Crippen molar-refractivity contribution in [1.82, 2.24) is 0 Å². The third kappa shape index (κ3) is 2.35. The topological polar surface area (TPSA) is 26.0 Å². The molecule has 0 aromatic heterocycles. The fourth-order valence-electron chi connectivity index (χ4n) is 2.43. The van der Waals surface area contributed by atoms with E-state index in [1.54, 1.807) is 0 Å². The van der Waals surface area contributed by atoms with Gasteiger partial charge in [0.25, 0.3) is 0 Å². The van der Waals surface area contributed by atoms with Gasteiger partial charge in [0, 0.05) is 5.02 Å². The lowest BCUT2D eigenvalue weighted by molar-refractivity contribution is 0.327. The Bertz CT molecular complexity index is 348. The van der Waals surface area contributed by atoms with Crippen molar-refractivity contribution < 1.29 is 0 Å². The van der Waals surface area contributed by atoms with Crippen LogP contribution in [-0.4, -0.2) is 6.54 Å². The largest absolute Gasteiger partial charge is 0.330 e. The van der Waals surface area contributed by atoms with Gasteiger partial charge in [-0.1, -0.05) is 24.6 Å². The van der Waals surface area contributed by atoms with E-state index in [1.807, 2.05) is 6.07 Å². The Hall–Kier alpha value is -0.530. The summed E-state index contributed by atoms with van der Waals surface area (Å²) in [6, 6.07) is 6.28. The number of rotatable bonds is 2. The summed E-state index contributed by atoms with van der Waals surface area (Å²) < 4.78 is 0. The van der Waals surface area contributed by atoms with Gasteiger partial charge in [0.2, 0.25) is 0 Å². The van der Waals surface area contributed by atoms with Crippen molar-refractivity contribution in [2.45, 2.75) is 26.2 Å². The SMILES string of the molecule is CC(CN)C1CCc2ccc(Cl)cc2C1. The molecule has 0 saturated carbocycles. The zero-order valence-corrected chi connectivity index (χ0v) is 9.93. The van der Waals surface area contributed by atoms with E-state index in [0.717, 1.165) is 23.9 Å². The number of benzene rings is 1. The molecular formula is C13H18ClN. The Morgan fingerprint density at radius 3 is 3.00 bits per heavy atom. The summed E-state index contributed by atoms with van der Waals surface area (Å²) in [7, 11) is 0. The highest BCUT2D eigenvalue weighted by atomic mass is 35.5. The number of nitrogens with two attached hydrogens (primary N) is 1. The van der Waals surface area contributed by atoms with E-state index in [4.69, 9.17) is 17.3 Å². The first-order valence-electron chi connectivity index (χ1n) is 5.68. The smallest absolute Gasteiger partial charge is 0.0408 e. The normalized spacial score (nSPS) is 22.2. The van der Waals surface area contributed by atoms with Gasteiger partial charge in [-0.3, -0.25) is 0 Å². The molecule has 2 N–H and O–H groups in total. The summed E-state index contributed by atoms with van der Waals surface area (Å²) in [5.74, 6) is 1.36. The van der Waals surface area contributed by atoms with E-state index in [-0.39, 0.29) is 0 Å². The molecule has 0 fully saturated rings. The second-order valence-electron chi connectivity index (χ2n) is 4.63. The van der Waals surface area contributed by atoms with Crippen LogP contribution in [0.4, 0.5) is 0 Å². The fourth-order valence-corrected chi connectivity index (χ4v) is 2.63. The van der Waals surface area contributed by atoms with Crippen molar-refractivity contribution >= 4 is 11.6 Å². The Morgan fingerprint density at radius 2 is 2.27 bits per heavy atom. The number of hydrogen-bond donors (Lipinski definition) is 1. The molecule has 1 nitrogen and oxygen atoms in total. The van der Waals surface area contributed by atoms with Gasteiger partial charge in [0.15, 0.2) is 0 Å². The van der Waals surface area contributed by atoms with Gasteiger partial charge in [-0.2, -0.15) is 0 Å². The molecule has 0 spiro atoms. The van der Waals surface area contributed by atoms with Crippen LogP contribution in [0.2, 0.25) is 5.02 Å². The molecule has 0 amide bonds. The van der Waals surface area contributed by atoms with Crippen LogP contribution in [0, 0.1) is 11.8 Å². The minimum absolute atomic E-state index is 0.622. The molecule has 2 heteroatoms. The predicted octanol–water partition coefficient (Wildman–Crippen LogP) is 3.04. The second kappa shape index (κ2) is 4.54. The zero-order chi connectivity index (χ0) is 10.8. The van der Waals surface area contributed by atoms with Crippen molar-refractivity contribution in [3.8, 4) is 0 Å². The molecule has 2 rings (SSSR count). The van der Waals surface area contributed by atoms with Crippen LogP contribution in [0.5, 0.6) is 0 Å². The summed E-state index contributed by atoms with van der Waals surface area (Å²) in [5, 5.41) is 0.856. The highest BCUT2D eigenvalue weighted by Crippen LogP contribution is 2.31. The number of aryl methyl sites for hydroxylation is 1. The fraction of sp³-hybridized carbons (Fsp3) is 0.538. The average Bonchev–Trinajstić information content (AvgIpc) is 2.27. The molecule has 0 heterocycles. The summed E-state index contributed by atoms with van der Waals surface area (Å²) in [6.45, 7) is 3.04. The van der Waals surface area contributed by atoms with Gasteiger partial charge < -0.3 is 5.73 Å². The van der Waals surface area contributed by atoms with E-state index in [9.17, 15) is 0 Å². The van der Waals surface area contributed by atoms with Gasteiger partial charge in [-0.25, -0.2) is 0 Å². The van der Waals surface area contributed by atoms with Gasteiger partial charge in [0.1, 0.15) is 0 Å². The lowest BCUT2D eigenvalue weighted by Crippen LogP contribution is -2.26. The molecule has 0 bridgehead atoms. The quantitative estimate of drug-likeness (QED) is 0.820. The lowest BCUT2D eigenvalue weighted by atomic mass is 9.78. The van der Waals surface area contributed by atoms with E-state index >= 15 is 0 Å². The molecular weight excluding hydrogens is 206 g/mol. The molecule has 0 radical (unpaired) electrons. The van der Waals surface area contributed by atoms with Crippen molar-refractivity contribution in [2.75, 3.05) is 6.54 Å². The monoisotopic (exact) mass is 223 g/mol. The molecule has 0 aliphatic heterocycles. The van der Waals surface area contributed by atoms with Gasteiger partial charge in [-0.05, 0) is 60.9 Å². The van der Waals surface area contributed by atoms with Crippen LogP contribution < -0.4 is 5.73 Å². The summed E-state index contributed by atoms with van der Waals surface area (Å²) >= 11 is 6.01. The Balaban J connectivity index is 2.18. The van der Waals surface area contributed by atoms with Crippen LogP contribution in [0.25, 0.3) is 0 Å². The van der Waals surface area contributed by atoms with Crippen LogP contribution >= 0.6 is 11.6 Å². The lowest BCUT2D eigenvalue weighted by Gasteiger charge is -2.28. The highest BCUT2D eigenvalue weighted by molar-refractivity contribution is 6.30. The van der Waals surface area contributed by atoms with Gasteiger partial charge >= 0.3 is 0 Å². The summed E-state index contributed by atoms with van der Waals surface area (Å²) in [4.78, 5) is 0. The number of halogens is 1. The van der Waals surface area contributed by atoms with Crippen LogP contribution in [0.1, 0.15) is 24.5 Å². The average molecular weight is 224 g/mol. The summed E-state index contributed by atoms with van der Waals surface area (Å²) in [6.07, 6.45) is 3.60. The Labute approximate surface area is 96.6 Å². The van der Waals surface area contributed by atoms with Crippen molar-refractivity contribution in [1.29, 1.82) is 0 Å². The molecule has 15 heavy (non-hydrogen) atoms. The third-order valence-corrected chi connectivity index (χ3v) is 3.85. The maximum absolute atomic E-state index is 6.01. The number of fused-ring (bicyclic) bond motifs is 1. The van der Waals surface area contributed by atoms with Crippen LogP contribution in [0.15, 0.2) is 18.2 Å². The second-order valence-corrected chi connectivity index (χ2v) is 5.07. The first-order chi connectivity index (χ1) is 7.20. The van der Waals surface area contributed by atoms with Crippen LogP contribution in [-0.2, 0) is 12.8 Å². The Morgan fingerprint density at radius 1 is 1.47 bits per heavy atom. The third-order valence-electron chi connectivity index (χ3n) is 3.61. The van der Waals surface area contributed by atoms with Crippen molar-refractivity contribution in [3.05, 3.63) is 34.3 Å². The first-order valence-corrected chi connectivity index (χ1v) is 6.06. The molecule has 0 saturated heterocycles. The van der Waals surface area contributed by atoms with Gasteiger partial charge in [-0.15, -0.1) is 0 Å². The molecule has 1 aromatic rings. The van der Waals surface area contributed by atoms with Crippen LogP contribution in [0.3, 0.4) is 0 Å². The van der Waals surface area contributed by atoms with Gasteiger partial charge in [0.05, 0.1) is 0 Å². The molecule has 1 aromatic carbocycles. The maximum atomic E-state index is 6.01. The van der Waals surface area contributed by atoms with E-state index < -0.39 is 0 Å². The minimum atomic E-state index is 0.622. The standard InChI is InChI=1S/C13H18ClN/c1-9(8-15)11-3-2-10-4-5-13(14)7-12(10)6-11/h4-5,7,9,11H,2-3,6,8,15H2,1H3. The molecule has 2 unspecified atom stereocenters. The van der Waals surface area contributed by atoms with Crippen molar-refractivity contribution in [2.24, 2.45) is 17.6 Å². The molecule has 1 aliphatic carbocycles.